The van der Waals surface area contributed by atoms with Gasteiger partial charge in [-0.2, -0.15) is 13.2 Å². The van der Waals surface area contributed by atoms with Crippen molar-refractivity contribution in [3.63, 3.8) is 0 Å². The summed E-state index contributed by atoms with van der Waals surface area (Å²) in [5, 5.41) is 18.3. The summed E-state index contributed by atoms with van der Waals surface area (Å²) in [5.74, 6) is 1.19. The number of aryl methyl sites for hydroxylation is 1. The molecule has 2 atom stereocenters. The monoisotopic (exact) mass is 554 g/mol. The molecule has 8 nitrogen and oxygen atoms in total. The van der Waals surface area contributed by atoms with Crippen LogP contribution in [-0.2, 0) is 19.8 Å². The highest BCUT2D eigenvalue weighted by Crippen LogP contribution is 2.43. The first-order valence-electron chi connectivity index (χ1n) is 13.8. The minimum atomic E-state index is -4.61. The van der Waals surface area contributed by atoms with Crippen molar-refractivity contribution in [1.82, 2.24) is 28.6 Å². The molecule has 1 saturated heterocycles. The Morgan fingerprint density at radius 1 is 1.18 bits per heavy atom. The van der Waals surface area contributed by atoms with Crippen LogP contribution in [-0.4, -0.2) is 52.9 Å². The van der Waals surface area contributed by atoms with Crippen LogP contribution in [0.2, 0.25) is 0 Å². The Bertz CT molecular complexity index is 1580. The first-order valence-corrected chi connectivity index (χ1v) is 13.8. The summed E-state index contributed by atoms with van der Waals surface area (Å²) >= 11 is 0. The Kier molecular flexibility index (Phi) is 6.82. The molecule has 0 radical (unpaired) electrons. The van der Waals surface area contributed by atoms with Crippen molar-refractivity contribution in [3.05, 3.63) is 82.1 Å². The van der Waals surface area contributed by atoms with Crippen molar-refractivity contribution in [2.45, 2.75) is 57.3 Å². The molecule has 2 aliphatic rings. The standard InChI is InChI=1S/C29H33F3N6O2/c1-18-5-4-8-36(13-18)14-19-9-24(29(30,31)32)25-16-37(28(40)38(25)15-19)22-7-3-6-20(10-22)26(21-11-23(39)12-21)27-34-33-17-35(27)2/h3,6-7,9-10,15-18,21,23,26,39H,4-5,8,11-14H2,1-2H3/t18-,21-,23+,26+/m0/s1. The molecule has 1 aliphatic heterocycles. The molecule has 0 unspecified atom stereocenters. The normalized spacial score (nSPS) is 22.9. The molecule has 0 amide bonds. The Hall–Kier alpha value is -3.44. The van der Waals surface area contributed by atoms with E-state index in [1.54, 1.807) is 24.7 Å². The van der Waals surface area contributed by atoms with Gasteiger partial charge in [0.05, 0.1) is 22.9 Å². The summed E-state index contributed by atoms with van der Waals surface area (Å²) in [4.78, 5) is 15.8. The van der Waals surface area contributed by atoms with Gasteiger partial charge in [-0.1, -0.05) is 19.1 Å². The number of hydrogen-bond acceptors (Lipinski definition) is 5. The van der Waals surface area contributed by atoms with Crippen molar-refractivity contribution in [2.24, 2.45) is 18.9 Å². The lowest BCUT2D eigenvalue weighted by atomic mass is 9.71. The van der Waals surface area contributed by atoms with Gasteiger partial charge in [0.1, 0.15) is 12.2 Å². The van der Waals surface area contributed by atoms with Crippen molar-refractivity contribution in [3.8, 4) is 5.69 Å². The van der Waals surface area contributed by atoms with Gasteiger partial charge in [0.25, 0.3) is 0 Å². The Morgan fingerprint density at radius 3 is 2.65 bits per heavy atom. The highest BCUT2D eigenvalue weighted by molar-refractivity contribution is 5.58. The van der Waals surface area contributed by atoms with E-state index in [1.807, 2.05) is 23.7 Å². The molecule has 11 heteroatoms. The molecule has 3 aromatic heterocycles. The maximum absolute atomic E-state index is 14.2. The molecule has 4 heterocycles. The van der Waals surface area contributed by atoms with E-state index in [-0.39, 0.29) is 23.5 Å². The first-order chi connectivity index (χ1) is 19.1. The Labute approximate surface area is 229 Å². The number of halogens is 3. The van der Waals surface area contributed by atoms with E-state index in [1.165, 1.54) is 16.8 Å². The lowest BCUT2D eigenvalue weighted by Gasteiger charge is -2.37. The van der Waals surface area contributed by atoms with Crippen LogP contribution >= 0.6 is 0 Å². The van der Waals surface area contributed by atoms with E-state index in [0.717, 1.165) is 41.7 Å². The molecule has 1 aliphatic carbocycles. The van der Waals surface area contributed by atoms with E-state index >= 15 is 0 Å². The number of aliphatic hydroxyl groups is 1. The van der Waals surface area contributed by atoms with Crippen LogP contribution in [0.4, 0.5) is 13.2 Å². The quantitative estimate of drug-likeness (QED) is 0.383. The number of likely N-dealkylation sites (tertiary alicyclic amines) is 1. The summed E-state index contributed by atoms with van der Waals surface area (Å²) in [5.41, 5.74) is 0.253. The van der Waals surface area contributed by atoms with Crippen molar-refractivity contribution >= 4 is 5.52 Å². The summed E-state index contributed by atoms with van der Waals surface area (Å²) < 4.78 is 47.0. The van der Waals surface area contributed by atoms with Gasteiger partial charge < -0.3 is 9.67 Å². The number of aromatic nitrogens is 5. The highest BCUT2D eigenvalue weighted by Gasteiger charge is 2.38. The maximum Gasteiger partial charge on any atom is 0.418 e. The molecule has 1 saturated carbocycles. The van der Waals surface area contributed by atoms with Gasteiger partial charge in [-0.05, 0) is 73.4 Å². The first kappa shape index (κ1) is 26.8. The van der Waals surface area contributed by atoms with Crippen LogP contribution in [0.3, 0.4) is 0 Å². The highest BCUT2D eigenvalue weighted by atomic mass is 19.4. The number of nitrogens with zero attached hydrogens (tertiary/aromatic N) is 6. The van der Waals surface area contributed by atoms with Crippen molar-refractivity contribution in [1.29, 1.82) is 0 Å². The number of fused-ring (bicyclic) bond motifs is 1. The van der Waals surface area contributed by atoms with Crippen LogP contribution < -0.4 is 5.69 Å². The predicted octanol–water partition coefficient (Wildman–Crippen LogP) is 4.37. The van der Waals surface area contributed by atoms with Crippen LogP contribution in [0.25, 0.3) is 11.2 Å². The fourth-order valence-corrected chi connectivity index (χ4v) is 6.41. The Morgan fingerprint density at radius 2 is 1.98 bits per heavy atom. The largest absolute Gasteiger partial charge is 0.418 e. The zero-order valence-electron chi connectivity index (χ0n) is 22.6. The fourth-order valence-electron chi connectivity index (χ4n) is 6.41. The molecule has 1 N–H and O–H groups in total. The number of benzene rings is 1. The number of rotatable bonds is 6. The number of alkyl halides is 3. The molecular formula is C29H33F3N6O2. The van der Waals surface area contributed by atoms with E-state index < -0.39 is 17.4 Å². The Balaban J connectivity index is 1.42. The minimum absolute atomic E-state index is 0.134. The molecule has 6 rings (SSSR count). The molecule has 2 fully saturated rings. The van der Waals surface area contributed by atoms with Crippen LogP contribution in [0.1, 0.15) is 61.0 Å². The minimum Gasteiger partial charge on any atom is -0.393 e. The number of hydrogen-bond donors (Lipinski definition) is 1. The van der Waals surface area contributed by atoms with Crippen LogP contribution in [0, 0.1) is 11.8 Å². The maximum atomic E-state index is 14.2. The lowest BCUT2D eigenvalue weighted by Crippen LogP contribution is -2.34. The molecule has 1 aromatic carbocycles. The third kappa shape index (κ3) is 4.96. The zero-order valence-corrected chi connectivity index (χ0v) is 22.6. The predicted molar refractivity (Wildman–Crippen MR) is 143 cm³/mol. The molecule has 0 spiro atoms. The number of piperidine rings is 1. The van der Waals surface area contributed by atoms with E-state index in [2.05, 4.69) is 22.0 Å². The van der Waals surface area contributed by atoms with Gasteiger partial charge in [-0.3, -0.25) is 13.9 Å². The van der Waals surface area contributed by atoms with Gasteiger partial charge in [-0.25, -0.2) is 4.79 Å². The smallest absolute Gasteiger partial charge is 0.393 e. The molecular weight excluding hydrogens is 521 g/mol. The second-order valence-electron chi connectivity index (χ2n) is 11.5. The number of pyridine rings is 1. The van der Waals surface area contributed by atoms with Gasteiger partial charge >= 0.3 is 11.9 Å². The van der Waals surface area contributed by atoms with Crippen molar-refractivity contribution < 1.29 is 18.3 Å². The zero-order chi connectivity index (χ0) is 28.2. The molecule has 40 heavy (non-hydrogen) atoms. The lowest BCUT2D eigenvalue weighted by molar-refractivity contribution is -0.136. The molecule has 0 bridgehead atoms. The number of aliphatic hydroxyl groups excluding tert-OH is 1. The fraction of sp³-hybridized carbons (Fsp3) is 0.483. The molecule has 4 aromatic rings. The van der Waals surface area contributed by atoms with E-state index in [4.69, 9.17) is 0 Å². The van der Waals surface area contributed by atoms with Gasteiger partial charge in [0.15, 0.2) is 0 Å². The van der Waals surface area contributed by atoms with Gasteiger partial charge in [0.2, 0.25) is 0 Å². The summed E-state index contributed by atoms with van der Waals surface area (Å²) in [6.07, 6.45) is 2.82. The summed E-state index contributed by atoms with van der Waals surface area (Å²) in [6, 6.07) is 8.45. The summed E-state index contributed by atoms with van der Waals surface area (Å²) in [7, 11) is 1.85. The molecule has 212 valence electrons. The third-order valence-corrected chi connectivity index (χ3v) is 8.43. The SMILES string of the molecule is C[C@H]1CCCN(Cc2cc(C(F)(F)F)c3cn(-c4cccc([C@@H](c5nncn5C)[C@H]5C[C@@H](O)C5)c4)c(=O)n3c2)C1. The third-order valence-electron chi connectivity index (χ3n) is 8.43. The average molecular weight is 555 g/mol. The van der Waals surface area contributed by atoms with E-state index in [9.17, 15) is 23.1 Å². The topological polar surface area (TPSA) is 80.6 Å². The number of imidazole rings is 1. The van der Waals surface area contributed by atoms with Gasteiger partial charge in [-0.15, -0.1) is 10.2 Å². The van der Waals surface area contributed by atoms with Crippen molar-refractivity contribution in [2.75, 3.05) is 13.1 Å². The van der Waals surface area contributed by atoms with E-state index in [0.29, 0.717) is 36.6 Å². The second kappa shape index (κ2) is 10.2. The summed E-state index contributed by atoms with van der Waals surface area (Å²) in [6.45, 7) is 4.17. The second-order valence-corrected chi connectivity index (χ2v) is 11.5. The van der Waals surface area contributed by atoms with Crippen LogP contribution in [0.5, 0.6) is 0 Å². The average Bonchev–Trinajstić information content (AvgIpc) is 3.45. The van der Waals surface area contributed by atoms with Crippen LogP contribution in [0.15, 0.2) is 53.8 Å². The van der Waals surface area contributed by atoms with Gasteiger partial charge in [0, 0.05) is 38.4 Å².